The molecule has 3 aromatic rings. The SMILES string of the molecule is C#Cc1cccc2c(CCCOc3cc(C)c(Cl)c(C)c3)c(C(=O)O)n(CCN3CCOCC3)c12. The molecule has 0 radical (unpaired) electrons. The van der Waals surface area contributed by atoms with E-state index in [9.17, 15) is 9.90 Å². The van der Waals surface area contributed by atoms with Crippen LogP contribution in [0.2, 0.25) is 5.02 Å². The van der Waals surface area contributed by atoms with E-state index in [1.165, 1.54) is 0 Å². The van der Waals surface area contributed by atoms with Gasteiger partial charge in [0, 0.05) is 42.2 Å². The molecule has 0 bridgehead atoms. The highest BCUT2D eigenvalue weighted by Crippen LogP contribution is 2.31. The molecule has 1 saturated heterocycles. The Labute approximate surface area is 211 Å². The molecule has 0 spiro atoms. The maximum atomic E-state index is 12.5. The molecule has 1 aromatic heterocycles. The van der Waals surface area contributed by atoms with Crippen molar-refractivity contribution in [2.75, 3.05) is 39.5 Å². The number of carboxylic acid groups (broad SMARTS) is 1. The van der Waals surface area contributed by atoms with Gasteiger partial charge in [-0.15, -0.1) is 6.42 Å². The zero-order chi connectivity index (χ0) is 24.9. The standard InChI is InChI=1S/C28H31ClN2O4/c1-4-21-7-5-8-23-24(9-6-14-35-22-17-19(2)25(29)20(3)18-22)27(28(32)33)31(26(21)23)11-10-30-12-15-34-16-13-30/h1,5,7-8,17-18H,6,9-16H2,2-3H3,(H,32,33). The lowest BCUT2D eigenvalue weighted by molar-refractivity contribution is 0.0362. The first-order valence-electron chi connectivity index (χ1n) is 11.9. The highest BCUT2D eigenvalue weighted by Gasteiger charge is 2.24. The predicted molar refractivity (Wildman–Crippen MR) is 139 cm³/mol. The summed E-state index contributed by atoms with van der Waals surface area (Å²) in [5.74, 6) is 2.58. The first-order chi connectivity index (χ1) is 16.9. The van der Waals surface area contributed by atoms with Crippen LogP contribution >= 0.6 is 11.6 Å². The van der Waals surface area contributed by atoms with Crippen molar-refractivity contribution in [3.63, 3.8) is 0 Å². The van der Waals surface area contributed by atoms with Crippen molar-refractivity contribution in [1.29, 1.82) is 0 Å². The highest BCUT2D eigenvalue weighted by molar-refractivity contribution is 6.32. The number of benzene rings is 2. The second-order valence-corrected chi connectivity index (χ2v) is 9.29. The quantitative estimate of drug-likeness (QED) is 0.337. The summed E-state index contributed by atoms with van der Waals surface area (Å²) in [6.07, 6.45) is 7.06. The second-order valence-electron chi connectivity index (χ2n) is 8.91. The number of aromatic nitrogens is 1. The molecular formula is C28H31ClN2O4. The number of ether oxygens (including phenoxy) is 2. The van der Waals surface area contributed by atoms with E-state index in [2.05, 4.69) is 10.8 Å². The number of hydrogen-bond donors (Lipinski definition) is 1. The number of halogens is 1. The van der Waals surface area contributed by atoms with Gasteiger partial charge in [-0.3, -0.25) is 4.90 Å². The van der Waals surface area contributed by atoms with Gasteiger partial charge in [-0.05, 0) is 61.6 Å². The molecule has 1 N–H and O–H groups in total. The van der Waals surface area contributed by atoms with Gasteiger partial charge in [0.15, 0.2) is 0 Å². The third-order valence-electron chi connectivity index (χ3n) is 6.54. The molecular weight excluding hydrogens is 464 g/mol. The average molecular weight is 495 g/mol. The minimum Gasteiger partial charge on any atom is -0.494 e. The zero-order valence-electron chi connectivity index (χ0n) is 20.3. The summed E-state index contributed by atoms with van der Waals surface area (Å²) in [5, 5.41) is 11.9. The molecule has 4 rings (SSSR count). The van der Waals surface area contributed by atoms with Gasteiger partial charge in [0.1, 0.15) is 11.4 Å². The lowest BCUT2D eigenvalue weighted by Crippen LogP contribution is -2.38. The summed E-state index contributed by atoms with van der Waals surface area (Å²) >= 11 is 6.26. The summed E-state index contributed by atoms with van der Waals surface area (Å²) < 4.78 is 13.3. The summed E-state index contributed by atoms with van der Waals surface area (Å²) in [6, 6.07) is 9.59. The van der Waals surface area contributed by atoms with Crippen LogP contribution in [0.3, 0.4) is 0 Å². The summed E-state index contributed by atoms with van der Waals surface area (Å²) in [6.45, 7) is 8.76. The van der Waals surface area contributed by atoms with Crippen molar-refractivity contribution in [1.82, 2.24) is 9.47 Å². The number of carbonyl (C=O) groups is 1. The zero-order valence-corrected chi connectivity index (χ0v) is 21.0. The van der Waals surface area contributed by atoms with E-state index in [1.54, 1.807) is 0 Å². The minimum absolute atomic E-state index is 0.314. The van der Waals surface area contributed by atoms with Crippen molar-refractivity contribution in [3.05, 3.63) is 63.3 Å². The maximum Gasteiger partial charge on any atom is 0.352 e. The van der Waals surface area contributed by atoms with Crippen LogP contribution in [0.1, 0.15) is 39.2 Å². The third kappa shape index (κ3) is 5.48. The van der Waals surface area contributed by atoms with Crippen molar-refractivity contribution < 1.29 is 19.4 Å². The van der Waals surface area contributed by atoms with Crippen molar-refractivity contribution in [2.24, 2.45) is 0 Å². The second kappa shape index (κ2) is 11.2. The van der Waals surface area contributed by atoms with E-state index in [4.69, 9.17) is 27.5 Å². The molecule has 2 aromatic carbocycles. The van der Waals surface area contributed by atoms with Crippen LogP contribution < -0.4 is 4.74 Å². The molecule has 0 atom stereocenters. The lowest BCUT2D eigenvalue weighted by atomic mass is 10.0. The van der Waals surface area contributed by atoms with Gasteiger partial charge in [0.25, 0.3) is 0 Å². The lowest BCUT2D eigenvalue weighted by Gasteiger charge is -2.27. The number of morpholine rings is 1. The minimum atomic E-state index is -0.939. The number of terminal acetylenes is 1. The van der Waals surface area contributed by atoms with Crippen LogP contribution in [0.4, 0.5) is 0 Å². The van der Waals surface area contributed by atoms with Crippen LogP contribution in [-0.2, 0) is 17.7 Å². The Kier molecular flexibility index (Phi) is 8.02. The fourth-order valence-electron chi connectivity index (χ4n) is 4.81. The van der Waals surface area contributed by atoms with E-state index >= 15 is 0 Å². The fraction of sp³-hybridized carbons (Fsp3) is 0.393. The Bertz CT molecular complexity index is 1250. The first kappa shape index (κ1) is 25.1. The van der Waals surface area contributed by atoms with Crippen molar-refractivity contribution in [3.8, 4) is 18.1 Å². The number of aryl methyl sites for hydroxylation is 3. The van der Waals surface area contributed by atoms with Crippen molar-refractivity contribution >= 4 is 28.5 Å². The molecule has 35 heavy (non-hydrogen) atoms. The highest BCUT2D eigenvalue weighted by atomic mass is 35.5. The maximum absolute atomic E-state index is 12.5. The fourth-order valence-corrected chi connectivity index (χ4v) is 4.92. The van der Waals surface area contributed by atoms with E-state index in [0.29, 0.717) is 50.5 Å². The monoisotopic (exact) mass is 494 g/mol. The molecule has 7 heteroatoms. The van der Waals surface area contributed by atoms with Gasteiger partial charge in [0.05, 0.1) is 25.3 Å². The predicted octanol–water partition coefficient (Wildman–Crippen LogP) is 4.93. The molecule has 0 saturated carbocycles. The molecule has 0 unspecified atom stereocenters. The number of rotatable bonds is 9. The Hall–Kier alpha value is -2.98. The molecule has 0 aliphatic carbocycles. The Balaban J connectivity index is 1.58. The van der Waals surface area contributed by atoms with Gasteiger partial charge >= 0.3 is 5.97 Å². The smallest absolute Gasteiger partial charge is 0.352 e. The number of aromatic carboxylic acids is 1. The van der Waals surface area contributed by atoms with Gasteiger partial charge < -0.3 is 19.1 Å². The molecule has 0 amide bonds. The number of hydrogen-bond acceptors (Lipinski definition) is 4. The molecule has 1 aliphatic heterocycles. The van der Waals surface area contributed by atoms with E-state index in [0.717, 1.165) is 58.0 Å². The van der Waals surface area contributed by atoms with Crippen LogP contribution in [-0.4, -0.2) is 60.0 Å². The van der Waals surface area contributed by atoms with Gasteiger partial charge in [-0.25, -0.2) is 4.79 Å². The summed E-state index contributed by atoms with van der Waals surface area (Å²) in [4.78, 5) is 14.8. The molecule has 1 aliphatic rings. The normalized spacial score (nSPS) is 14.2. The molecule has 184 valence electrons. The van der Waals surface area contributed by atoms with Crippen LogP contribution in [0.5, 0.6) is 5.75 Å². The van der Waals surface area contributed by atoms with Crippen molar-refractivity contribution in [2.45, 2.75) is 33.2 Å². The van der Waals surface area contributed by atoms with E-state index in [1.807, 2.05) is 48.7 Å². The number of fused-ring (bicyclic) bond motifs is 1. The van der Waals surface area contributed by atoms with Gasteiger partial charge in [0.2, 0.25) is 0 Å². The number of carboxylic acids is 1. The van der Waals surface area contributed by atoms with Gasteiger partial charge in [-0.2, -0.15) is 0 Å². The Morgan fingerprint density at radius 2 is 1.91 bits per heavy atom. The Morgan fingerprint density at radius 1 is 1.20 bits per heavy atom. The average Bonchev–Trinajstić information content (AvgIpc) is 3.18. The van der Waals surface area contributed by atoms with Crippen LogP contribution in [0, 0.1) is 26.2 Å². The topological polar surface area (TPSA) is 63.9 Å². The third-order valence-corrected chi connectivity index (χ3v) is 7.13. The largest absolute Gasteiger partial charge is 0.494 e. The molecule has 6 nitrogen and oxygen atoms in total. The van der Waals surface area contributed by atoms with Crippen LogP contribution in [0.25, 0.3) is 10.9 Å². The molecule has 1 fully saturated rings. The van der Waals surface area contributed by atoms with Crippen LogP contribution in [0.15, 0.2) is 30.3 Å². The van der Waals surface area contributed by atoms with E-state index in [-0.39, 0.29) is 0 Å². The van der Waals surface area contributed by atoms with E-state index < -0.39 is 5.97 Å². The number of para-hydroxylation sites is 1. The number of nitrogens with zero attached hydrogens (tertiary/aromatic N) is 2. The first-order valence-corrected chi connectivity index (χ1v) is 12.3. The van der Waals surface area contributed by atoms with Gasteiger partial charge in [-0.1, -0.05) is 29.7 Å². The molecule has 2 heterocycles. The summed E-state index contributed by atoms with van der Waals surface area (Å²) in [5.41, 5.74) is 4.59. The summed E-state index contributed by atoms with van der Waals surface area (Å²) in [7, 11) is 0. The Morgan fingerprint density at radius 3 is 2.57 bits per heavy atom.